The third kappa shape index (κ3) is 2.61. The second-order valence-corrected chi connectivity index (χ2v) is 3.79. The van der Waals surface area contributed by atoms with E-state index in [0.717, 1.165) is 0 Å². The SMILES string of the molecule is CC(F)(F)C(F)(F)C(F)(F)C(F)(F)C(F)(F)CCO. The fourth-order valence-electron chi connectivity index (χ4n) is 1.000. The minimum Gasteiger partial charge on any atom is -0.396 e. The molecule has 0 radical (unpaired) electrons. The number of alkyl halides is 10. The summed E-state index contributed by atoms with van der Waals surface area (Å²) in [4.78, 5) is 0. The summed E-state index contributed by atoms with van der Waals surface area (Å²) in [6.45, 7) is -2.53. The zero-order valence-corrected chi connectivity index (χ0v) is 9.14. The molecule has 1 nitrogen and oxygen atoms in total. The summed E-state index contributed by atoms with van der Waals surface area (Å²) >= 11 is 0. The molecule has 0 saturated carbocycles. The van der Waals surface area contributed by atoms with Crippen molar-refractivity contribution in [2.24, 2.45) is 0 Å². The van der Waals surface area contributed by atoms with Crippen LogP contribution in [-0.4, -0.2) is 41.3 Å². The van der Waals surface area contributed by atoms with Gasteiger partial charge in [-0.2, -0.15) is 43.9 Å². The first kappa shape index (κ1) is 18.3. The average Bonchev–Trinajstić information content (AvgIpc) is 2.14. The molecule has 0 unspecified atom stereocenters. The van der Waals surface area contributed by atoms with Crippen LogP contribution in [0.25, 0.3) is 0 Å². The lowest BCUT2D eigenvalue weighted by atomic mass is 9.94. The van der Waals surface area contributed by atoms with E-state index in [9.17, 15) is 43.9 Å². The summed E-state index contributed by atoms with van der Waals surface area (Å²) in [7, 11) is 0. The largest absolute Gasteiger partial charge is 0.396 e. The van der Waals surface area contributed by atoms with E-state index < -0.39 is 49.6 Å². The molecule has 0 aromatic rings. The smallest absolute Gasteiger partial charge is 0.384 e. The van der Waals surface area contributed by atoms with Gasteiger partial charge < -0.3 is 5.11 Å². The van der Waals surface area contributed by atoms with Crippen LogP contribution in [0.1, 0.15) is 13.3 Å². The molecule has 116 valence electrons. The Morgan fingerprint density at radius 3 is 1.32 bits per heavy atom. The van der Waals surface area contributed by atoms with E-state index in [1.807, 2.05) is 0 Å². The Kier molecular flexibility index (Phi) is 4.49. The number of hydrogen-bond acceptors (Lipinski definition) is 1. The van der Waals surface area contributed by atoms with Crippen molar-refractivity contribution < 1.29 is 49.0 Å². The maximum absolute atomic E-state index is 12.8. The predicted molar refractivity (Wildman–Crippen MR) is 42.1 cm³/mol. The third-order valence-electron chi connectivity index (χ3n) is 2.23. The Bertz CT molecular complexity index is 318. The van der Waals surface area contributed by atoms with Gasteiger partial charge >= 0.3 is 29.6 Å². The second-order valence-electron chi connectivity index (χ2n) is 3.79. The van der Waals surface area contributed by atoms with Gasteiger partial charge in [0.2, 0.25) is 0 Å². The summed E-state index contributed by atoms with van der Waals surface area (Å²) in [5, 5.41) is 8.00. The van der Waals surface area contributed by atoms with Gasteiger partial charge in [-0.3, -0.25) is 0 Å². The fourth-order valence-corrected chi connectivity index (χ4v) is 1.000. The van der Waals surface area contributed by atoms with Crippen molar-refractivity contribution in [2.45, 2.75) is 43.0 Å². The van der Waals surface area contributed by atoms with E-state index in [1.165, 1.54) is 0 Å². The maximum Gasteiger partial charge on any atom is 0.384 e. The van der Waals surface area contributed by atoms with Crippen LogP contribution >= 0.6 is 0 Å². The molecule has 0 rings (SSSR count). The van der Waals surface area contributed by atoms with Crippen molar-refractivity contribution in [3.8, 4) is 0 Å². The Balaban J connectivity index is 5.77. The highest BCUT2D eigenvalue weighted by Crippen LogP contribution is 2.57. The highest BCUT2D eigenvalue weighted by atomic mass is 19.4. The lowest BCUT2D eigenvalue weighted by Gasteiger charge is -2.38. The minimum atomic E-state index is -7.02. The standard InChI is InChI=1S/C8H8F10O/c1-4(9,10)6(13,14)8(17,18)7(15,16)5(11,12)2-3-19/h19H,2-3H2,1H3. The van der Waals surface area contributed by atoms with Gasteiger partial charge in [0.15, 0.2) is 0 Å². The number of hydrogen-bond donors (Lipinski definition) is 1. The van der Waals surface area contributed by atoms with Crippen LogP contribution in [0.15, 0.2) is 0 Å². The van der Waals surface area contributed by atoms with Crippen molar-refractivity contribution in [1.29, 1.82) is 0 Å². The zero-order chi connectivity index (χ0) is 15.9. The summed E-state index contributed by atoms with van der Waals surface area (Å²) in [5.74, 6) is -31.9. The topological polar surface area (TPSA) is 20.2 Å². The molecular weight excluding hydrogens is 302 g/mol. The van der Waals surface area contributed by atoms with Gasteiger partial charge in [-0.1, -0.05) is 0 Å². The first-order valence-electron chi connectivity index (χ1n) is 4.56. The van der Waals surface area contributed by atoms with Gasteiger partial charge in [-0.25, -0.2) is 0 Å². The van der Waals surface area contributed by atoms with Crippen molar-refractivity contribution in [3.05, 3.63) is 0 Å². The quantitative estimate of drug-likeness (QED) is 0.744. The molecule has 19 heavy (non-hydrogen) atoms. The van der Waals surface area contributed by atoms with Crippen LogP contribution < -0.4 is 0 Å². The lowest BCUT2D eigenvalue weighted by Crippen LogP contribution is -2.66. The number of aliphatic hydroxyl groups is 1. The average molecular weight is 310 g/mol. The normalized spacial score (nSPS) is 15.8. The molecule has 0 spiro atoms. The van der Waals surface area contributed by atoms with E-state index >= 15 is 0 Å². The monoisotopic (exact) mass is 310 g/mol. The number of rotatable bonds is 6. The Morgan fingerprint density at radius 1 is 0.684 bits per heavy atom. The van der Waals surface area contributed by atoms with E-state index in [1.54, 1.807) is 0 Å². The van der Waals surface area contributed by atoms with Crippen LogP contribution in [0.2, 0.25) is 0 Å². The molecule has 1 N–H and O–H groups in total. The molecular formula is C8H8F10O. The maximum atomic E-state index is 12.8. The number of halogens is 10. The van der Waals surface area contributed by atoms with Gasteiger partial charge in [0.1, 0.15) is 0 Å². The van der Waals surface area contributed by atoms with Crippen molar-refractivity contribution in [2.75, 3.05) is 6.61 Å². The van der Waals surface area contributed by atoms with E-state index in [0.29, 0.717) is 0 Å². The van der Waals surface area contributed by atoms with Gasteiger partial charge in [0.05, 0.1) is 0 Å². The first-order valence-corrected chi connectivity index (χ1v) is 4.56. The molecule has 0 aliphatic heterocycles. The van der Waals surface area contributed by atoms with Crippen LogP contribution in [0.3, 0.4) is 0 Å². The molecule has 0 atom stereocenters. The zero-order valence-electron chi connectivity index (χ0n) is 9.14. The van der Waals surface area contributed by atoms with Crippen molar-refractivity contribution >= 4 is 0 Å². The van der Waals surface area contributed by atoms with Gasteiger partial charge in [0.25, 0.3) is 0 Å². The summed E-state index contributed by atoms with van der Waals surface area (Å²) in [5.41, 5.74) is 0. The molecule has 0 aromatic heterocycles. The van der Waals surface area contributed by atoms with Gasteiger partial charge in [0, 0.05) is 20.0 Å². The van der Waals surface area contributed by atoms with Crippen LogP contribution in [0.5, 0.6) is 0 Å². The molecule has 0 aliphatic rings. The highest BCUT2D eigenvalue weighted by Gasteiger charge is 2.84. The molecule has 11 heteroatoms. The summed E-state index contributed by atoms with van der Waals surface area (Å²) in [6, 6.07) is 0. The third-order valence-corrected chi connectivity index (χ3v) is 2.23. The first-order chi connectivity index (χ1) is 8.06. The van der Waals surface area contributed by atoms with Crippen molar-refractivity contribution in [1.82, 2.24) is 0 Å². The molecule has 0 aromatic carbocycles. The Morgan fingerprint density at radius 2 is 1.05 bits per heavy atom. The highest BCUT2D eigenvalue weighted by molar-refractivity contribution is 5.07. The van der Waals surface area contributed by atoms with E-state index in [4.69, 9.17) is 5.11 Å². The molecule has 0 bridgehead atoms. The minimum absolute atomic E-state index is 0.804. The number of aliphatic hydroxyl groups excluding tert-OH is 1. The van der Waals surface area contributed by atoms with Gasteiger partial charge in [-0.15, -0.1) is 0 Å². The van der Waals surface area contributed by atoms with E-state index in [-0.39, 0.29) is 0 Å². The van der Waals surface area contributed by atoms with Crippen molar-refractivity contribution in [3.63, 3.8) is 0 Å². The van der Waals surface area contributed by atoms with Crippen LogP contribution in [0.4, 0.5) is 43.9 Å². The molecule has 0 saturated heterocycles. The van der Waals surface area contributed by atoms with Crippen LogP contribution in [-0.2, 0) is 0 Å². The fraction of sp³-hybridized carbons (Fsp3) is 1.00. The molecule has 0 aliphatic carbocycles. The molecule has 0 fully saturated rings. The van der Waals surface area contributed by atoms with Gasteiger partial charge in [-0.05, 0) is 0 Å². The van der Waals surface area contributed by atoms with E-state index in [2.05, 4.69) is 0 Å². The predicted octanol–water partition coefficient (Wildman–Crippen LogP) is 3.57. The summed E-state index contributed by atoms with van der Waals surface area (Å²) in [6.07, 6.45) is -2.29. The van der Waals surface area contributed by atoms with Crippen LogP contribution in [0, 0.1) is 0 Å². The molecule has 0 heterocycles. The lowest BCUT2D eigenvalue weighted by molar-refractivity contribution is -0.399. The second kappa shape index (κ2) is 4.67. The Hall–Kier alpha value is -0.740. The Labute approximate surface area is 99.7 Å². The molecule has 0 amide bonds. The summed E-state index contributed by atoms with van der Waals surface area (Å²) < 4.78 is 126.